The lowest BCUT2D eigenvalue weighted by atomic mass is 9.95. The van der Waals surface area contributed by atoms with Crippen LogP contribution in [0.25, 0.3) is 0 Å². The Morgan fingerprint density at radius 3 is 2.59 bits per heavy atom. The second-order valence-electron chi connectivity index (χ2n) is 7.80. The van der Waals surface area contributed by atoms with Gasteiger partial charge >= 0.3 is 0 Å². The summed E-state index contributed by atoms with van der Waals surface area (Å²) in [4.78, 5) is 15.1. The quantitative estimate of drug-likeness (QED) is 0.737. The highest BCUT2D eigenvalue weighted by molar-refractivity contribution is 7.88. The highest BCUT2D eigenvalue weighted by Gasteiger charge is 2.35. The number of hydrogen-bond donors (Lipinski definition) is 0. The summed E-state index contributed by atoms with van der Waals surface area (Å²) in [5.41, 5.74) is 2.87. The van der Waals surface area contributed by atoms with Gasteiger partial charge in [-0.1, -0.05) is 41.9 Å². The van der Waals surface area contributed by atoms with Gasteiger partial charge in [0.25, 0.3) is 0 Å². The average Bonchev–Trinajstić information content (AvgIpc) is 2.74. The van der Waals surface area contributed by atoms with E-state index in [4.69, 9.17) is 11.6 Å². The van der Waals surface area contributed by atoms with Gasteiger partial charge in [0.1, 0.15) is 0 Å². The number of carbonyl (C=O) groups excluding carboxylic acids is 1. The molecule has 0 aliphatic carbocycles. The van der Waals surface area contributed by atoms with E-state index in [9.17, 15) is 13.2 Å². The van der Waals surface area contributed by atoms with Gasteiger partial charge in [-0.15, -0.1) is 0 Å². The van der Waals surface area contributed by atoms with Gasteiger partial charge in [0.15, 0.2) is 0 Å². The van der Waals surface area contributed by atoms with Crippen LogP contribution in [0.2, 0.25) is 5.02 Å². The van der Waals surface area contributed by atoms with Crippen molar-refractivity contribution >= 4 is 33.2 Å². The topological polar surface area (TPSA) is 57.7 Å². The second kappa shape index (κ2) is 8.46. The van der Waals surface area contributed by atoms with Crippen LogP contribution in [0.15, 0.2) is 48.5 Å². The number of halogens is 1. The maximum Gasteiger partial charge on any atom is 0.231 e. The van der Waals surface area contributed by atoms with Crippen LogP contribution in [0.3, 0.4) is 0 Å². The Hall–Kier alpha value is -1.89. The van der Waals surface area contributed by atoms with Gasteiger partial charge in [0.05, 0.1) is 11.7 Å². The summed E-state index contributed by atoms with van der Waals surface area (Å²) >= 11 is 5.89. The van der Waals surface area contributed by atoms with Crippen molar-refractivity contribution in [2.24, 2.45) is 5.92 Å². The average molecular weight is 433 g/mol. The standard InChI is InChI=1S/C22H25ClN2O3S/c23-20-11-9-17(10-12-20)16-29(27,28)24-13-3-7-19(15-24)22(26)25-14-4-6-18-5-1-2-8-21(18)25/h1-2,5,8-12,19H,3-4,6-7,13-16H2/t19-/m1/s1. The molecule has 0 bridgehead atoms. The molecular formula is C22H25ClN2O3S. The Kier molecular flexibility index (Phi) is 5.95. The van der Waals surface area contributed by atoms with Crippen LogP contribution in [0, 0.1) is 5.92 Å². The molecule has 5 nitrogen and oxygen atoms in total. The summed E-state index contributed by atoms with van der Waals surface area (Å²) in [6, 6.07) is 14.9. The van der Waals surface area contributed by atoms with Crippen LogP contribution in [0.4, 0.5) is 5.69 Å². The Balaban J connectivity index is 1.48. The van der Waals surface area contributed by atoms with Crippen LogP contribution in [-0.4, -0.2) is 38.3 Å². The van der Waals surface area contributed by atoms with Crippen molar-refractivity contribution in [1.82, 2.24) is 4.31 Å². The van der Waals surface area contributed by atoms with Crippen LogP contribution < -0.4 is 4.90 Å². The van der Waals surface area contributed by atoms with Crippen molar-refractivity contribution < 1.29 is 13.2 Å². The fourth-order valence-corrected chi connectivity index (χ4v) is 6.00. The number of carbonyl (C=O) groups is 1. The summed E-state index contributed by atoms with van der Waals surface area (Å²) in [6.45, 7) is 1.42. The predicted molar refractivity (Wildman–Crippen MR) is 115 cm³/mol. The van der Waals surface area contributed by atoms with Crippen molar-refractivity contribution in [3.63, 3.8) is 0 Å². The van der Waals surface area contributed by atoms with Crippen LogP contribution >= 0.6 is 11.6 Å². The van der Waals surface area contributed by atoms with E-state index in [1.807, 2.05) is 23.1 Å². The van der Waals surface area contributed by atoms with Crippen molar-refractivity contribution in [1.29, 1.82) is 0 Å². The highest BCUT2D eigenvalue weighted by Crippen LogP contribution is 2.30. The number of hydrogen-bond acceptors (Lipinski definition) is 3. The molecule has 7 heteroatoms. The molecule has 4 rings (SSSR count). The number of piperidine rings is 1. The van der Waals surface area contributed by atoms with Crippen LogP contribution in [-0.2, 0) is 27.0 Å². The SMILES string of the molecule is O=C([C@@H]1CCCN(S(=O)(=O)Cc2ccc(Cl)cc2)C1)N1CCCc2ccccc21. The van der Waals surface area contributed by atoms with Gasteiger partial charge in [-0.25, -0.2) is 12.7 Å². The Bertz CT molecular complexity index is 991. The molecule has 0 spiro atoms. The molecule has 1 amide bonds. The summed E-state index contributed by atoms with van der Waals surface area (Å²) in [7, 11) is -3.49. The van der Waals surface area contributed by atoms with Gasteiger partial charge in [-0.3, -0.25) is 4.79 Å². The lowest BCUT2D eigenvalue weighted by molar-refractivity contribution is -0.123. The minimum absolute atomic E-state index is 0.0449. The van der Waals surface area contributed by atoms with Crippen LogP contribution in [0.1, 0.15) is 30.4 Å². The fourth-order valence-electron chi connectivity index (χ4n) is 4.26. The molecule has 0 saturated carbocycles. The van der Waals surface area contributed by atoms with E-state index < -0.39 is 10.0 Å². The van der Waals surface area contributed by atoms with E-state index in [-0.39, 0.29) is 24.1 Å². The molecule has 0 radical (unpaired) electrons. The third-order valence-electron chi connectivity index (χ3n) is 5.77. The number of para-hydroxylation sites is 1. The van der Waals surface area contributed by atoms with Gasteiger partial charge in [-0.05, 0) is 55.0 Å². The van der Waals surface area contributed by atoms with E-state index in [1.54, 1.807) is 24.3 Å². The molecule has 0 N–H and O–H groups in total. The van der Waals surface area contributed by atoms with Crippen molar-refractivity contribution in [3.8, 4) is 0 Å². The number of nitrogens with zero attached hydrogens (tertiary/aromatic N) is 2. The Morgan fingerprint density at radius 2 is 1.79 bits per heavy atom. The minimum Gasteiger partial charge on any atom is -0.312 e. The molecule has 2 aliphatic heterocycles. The fraction of sp³-hybridized carbons (Fsp3) is 0.409. The van der Waals surface area contributed by atoms with E-state index in [1.165, 1.54) is 9.87 Å². The number of amides is 1. The van der Waals surface area contributed by atoms with E-state index in [2.05, 4.69) is 6.07 Å². The second-order valence-corrected chi connectivity index (χ2v) is 10.2. The maximum atomic E-state index is 13.3. The zero-order valence-corrected chi connectivity index (χ0v) is 17.8. The first-order chi connectivity index (χ1) is 13.9. The van der Waals surface area contributed by atoms with Crippen molar-refractivity contribution in [2.45, 2.75) is 31.4 Å². The van der Waals surface area contributed by atoms with Gasteiger partial charge in [0, 0.05) is 30.3 Å². The van der Waals surface area contributed by atoms with Gasteiger partial charge < -0.3 is 4.90 Å². The predicted octanol–water partition coefficient (Wildman–Crippen LogP) is 3.86. The number of anilines is 1. The molecule has 1 saturated heterocycles. The number of benzene rings is 2. The molecule has 29 heavy (non-hydrogen) atoms. The van der Waals surface area contributed by atoms with E-state index in [0.29, 0.717) is 30.1 Å². The summed E-state index contributed by atoms with van der Waals surface area (Å²) < 4.78 is 27.4. The molecule has 2 aromatic carbocycles. The summed E-state index contributed by atoms with van der Waals surface area (Å²) in [6.07, 6.45) is 3.34. The lowest BCUT2D eigenvalue weighted by Crippen LogP contribution is -2.48. The smallest absolute Gasteiger partial charge is 0.231 e. The van der Waals surface area contributed by atoms with Gasteiger partial charge in [-0.2, -0.15) is 0 Å². The molecule has 2 heterocycles. The minimum atomic E-state index is -3.49. The van der Waals surface area contributed by atoms with Gasteiger partial charge in [0.2, 0.25) is 15.9 Å². The third kappa shape index (κ3) is 4.49. The first kappa shape index (κ1) is 20.4. The van der Waals surface area contributed by atoms with Crippen molar-refractivity contribution in [3.05, 3.63) is 64.7 Å². The number of fused-ring (bicyclic) bond motifs is 1. The third-order valence-corrected chi connectivity index (χ3v) is 7.83. The molecular weight excluding hydrogens is 408 g/mol. The monoisotopic (exact) mass is 432 g/mol. The lowest BCUT2D eigenvalue weighted by Gasteiger charge is -2.36. The number of aryl methyl sites for hydroxylation is 1. The van der Waals surface area contributed by atoms with Crippen LogP contribution in [0.5, 0.6) is 0 Å². The molecule has 1 atom stereocenters. The van der Waals surface area contributed by atoms with Crippen molar-refractivity contribution in [2.75, 3.05) is 24.5 Å². The summed E-state index contributed by atoms with van der Waals surface area (Å²) in [5, 5.41) is 0.580. The first-order valence-electron chi connectivity index (χ1n) is 10.1. The number of rotatable bonds is 4. The Labute approximate surface area is 177 Å². The first-order valence-corrected chi connectivity index (χ1v) is 12.0. The maximum absolute atomic E-state index is 13.3. The molecule has 2 aromatic rings. The molecule has 0 aromatic heterocycles. The van der Waals surface area contributed by atoms with E-state index >= 15 is 0 Å². The molecule has 154 valence electrons. The molecule has 0 unspecified atom stereocenters. The zero-order chi connectivity index (χ0) is 20.4. The molecule has 1 fully saturated rings. The molecule has 2 aliphatic rings. The highest BCUT2D eigenvalue weighted by atomic mass is 35.5. The van der Waals surface area contributed by atoms with E-state index in [0.717, 1.165) is 24.9 Å². The zero-order valence-electron chi connectivity index (χ0n) is 16.3. The Morgan fingerprint density at radius 1 is 1.03 bits per heavy atom. The largest absolute Gasteiger partial charge is 0.312 e. The normalized spacial score (nSPS) is 20.3. The summed E-state index contributed by atoms with van der Waals surface area (Å²) in [5.74, 6) is -0.323. The number of sulfonamides is 1.